The predicted molar refractivity (Wildman–Crippen MR) is 251 cm³/mol. The van der Waals surface area contributed by atoms with Crippen molar-refractivity contribution in [3.63, 3.8) is 0 Å². The summed E-state index contributed by atoms with van der Waals surface area (Å²) in [6.07, 6.45) is 3.37. The topological polar surface area (TPSA) is 120 Å². The SMILES string of the molecule is CC(C)CC(C)OP(OC(C)CC(C)C)SCC(C)OP(OCC(C)OP(OC(C)C)SCCC(=O)O)OC(C)CSP(OC(C)CC(C)C)OC(C)CC(C)C. The van der Waals surface area contributed by atoms with Crippen molar-refractivity contribution in [1.82, 2.24) is 0 Å². The van der Waals surface area contributed by atoms with E-state index in [1.807, 2.05) is 34.6 Å². The van der Waals surface area contributed by atoms with Gasteiger partial charge in [0, 0.05) is 17.3 Å². The normalized spacial score (nSPS) is 18.5. The third-order valence-corrected chi connectivity index (χ3v) is 19.0. The largest absolute Gasteiger partial charge is 0.481 e. The quantitative estimate of drug-likeness (QED) is 0.0595. The van der Waals surface area contributed by atoms with E-state index in [-0.39, 0.29) is 61.9 Å². The highest BCUT2D eigenvalue weighted by molar-refractivity contribution is 8.53. The van der Waals surface area contributed by atoms with E-state index in [1.165, 1.54) is 11.4 Å². The molecule has 0 amide bonds. The Balaban J connectivity index is 5.91. The van der Waals surface area contributed by atoms with Crippen molar-refractivity contribution in [3.8, 4) is 0 Å². The summed E-state index contributed by atoms with van der Waals surface area (Å²) < 4.78 is 57.5. The number of rotatable bonds is 37. The van der Waals surface area contributed by atoms with Crippen molar-refractivity contribution in [1.29, 1.82) is 0 Å². The van der Waals surface area contributed by atoms with E-state index in [2.05, 4.69) is 83.1 Å². The summed E-state index contributed by atoms with van der Waals surface area (Å²) in [5.41, 5.74) is 0. The number of hydrogen-bond acceptors (Lipinski definition) is 13. The molecule has 1 N–H and O–H groups in total. The van der Waals surface area contributed by atoms with Crippen LogP contribution in [0.3, 0.4) is 0 Å². The zero-order valence-electron chi connectivity index (χ0n) is 38.3. The first-order valence-corrected chi connectivity index (χ1v) is 30.2. The Morgan fingerprint density at radius 3 is 1.11 bits per heavy atom. The molecular weight excluding hydrogens is 865 g/mol. The van der Waals surface area contributed by atoms with Crippen molar-refractivity contribution in [2.75, 3.05) is 23.9 Å². The van der Waals surface area contributed by atoms with Crippen LogP contribution in [0, 0.1) is 23.7 Å². The summed E-state index contributed by atoms with van der Waals surface area (Å²) in [7, 11) is -5.55. The van der Waals surface area contributed by atoms with Crippen LogP contribution in [0.4, 0.5) is 0 Å². The molecule has 0 aromatic rings. The standard InChI is InChI=1S/C39H82O11P4S3/c1-27(2)20-32(11)46-53(47-33(12)21-28(3)4)56-25-37(16)44-51(42-24-36(15)50-52(43-31(9)10)55-19-18-39(40)41)45-38(17)26-57-54(48-34(13)22-29(5)6)49-35(14)23-30(7)8/h27-38H,18-26H2,1-17H3,(H,40,41). The van der Waals surface area contributed by atoms with Gasteiger partial charge in [-0.2, -0.15) is 0 Å². The zero-order chi connectivity index (χ0) is 43.7. The van der Waals surface area contributed by atoms with Gasteiger partial charge < -0.3 is 45.8 Å². The fraction of sp³-hybridized carbons (Fsp3) is 0.974. The molecule has 0 spiro atoms. The van der Waals surface area contributed by atoms with Crippen LogP contribution in [0.1, 0.15) is 150 Å². The summed E-state index contributed by atoms with van der Waals surface area (Å²) in [4.78, 5) is 11.1. The van der Waals surface area contributed by atoms with Crippen molar-refractivity contribution in [2.45, 2.75) is 199 Å². The second-order valence-corrected chi connectivity index (χ2v) is 27.4. The molecule has 57 heavy (non-hydrogen) atoms. The van der Waals surface area contributed by atoms with Gasteiger partial charge in [-0.05, 0) is 112 Å². The van der Waals surface area contributed by atoms with Crippen molar-refractivity contribution in [3.05, 3.63) is 0 Å². The highest BCUT2D eigenvalue weighted by Crippen LogP contribution is 2.58. The summed E-state index contributed by atoms with van der Waals surface area (Å²) >= 11 is 4.71. The van der Waals surface area contributed by atoms with Crippen molar-refractivity contribution >= 4 is 71.4 Å². The Hall–Kier alpha value is 1.88. The Morgan fingerprint density at radius 1 is 0.456 bits per heavy atom. The summed E-state index contributed by atoms with van der Waals surface area (Å²) in [5, 5.41) is 9.13. The molecule has 0 aromatic carbocycles. The molecule has 0 aromatic heterocycles. The highest BCUT2D eigenvalue weighted by Gasteiger charge is 2.28. The van der Waals surface area contributed by atoms with E-state index in [0.717, 1.165) is 25.7 Å². The minimum absolute atomic E-state index is 0.0368. The van der Waals surface area contributed by atoms with Crippen LogP contribution in [0.15, 0.2) is 0 Å². The lowest BCUT2D eigenvalue weighted by Crippen LogP contribution is -2.19. The molecule has 0 saturated carbocycles. The van der Waals surface area contributed by atoms with Gasteiger partial charge in [-0.3, -0.25) is 4.79 Å². The average molecular weight is 947 g/mol. The van der Waals surface area contributed by atoms with E-state index in [0.29, 0.717) is 40.9 Å². The van der Waals surface area contributed by atoms with E-state index >= 15 is 0 Å². The molecule has 0 aliphatic heterocycles. The fourth-order valence-corrected chi connectivity index (χ4v) is 17.1. The van der Waals surface area contributed by atoms with Crippen LogP contribution in [-0.4, -0.2) is 83.8 Å². The second kappa shape index (κ2) is 34.3. The minimum Gasteiger partial charge on any atom is -0.481 e. The molecule has 0 heterocycles. The molecule has 18 heteroatoms. The second-order valence-electron chi connectivity index (χ2n) is 16.8. The number of carbonyl (C=O) groups is 1. The molecule has 0 rings (SSSR count). The first-order chi connectivity index (χ1) is 26.5. The lowest BCUT2D eigenvalue weighted by atomic mass is 10.1. The van der Waals surface area contributed by atoms with Gasteiger partial charge in [0.25, 0.3) is 0 Å². The van der Waals surface area contributed by atoms with E-state index in [4.69, 9.17) is 45.8 Å². The third kappa shape index (κ3) is 36.0. The zero-order valence-corrected chi connectivity index (χ0v) is 44.4. The van der Waals surface area contributed by atoms with Gasteiger partial charge in [-0.15, -0.1) is 0 Å². The van der Waals surface area contributed by atoms with Gasteiger partial charge in [0.2, 0.25) is 22.7 Å². The maximum absolute atomic E-state index is 11.1. The number of hydrogen-bond donors (Lipinski definition) is 1. The molecule has 0 aliphatic carbocycles. The maximum atomic E-state index is 11.1. The van der Waals surface area contributed by atoms with Gasteiger partial charge >= 0.3 is 14.6 Å². The summed E-state index contributed by atoms with van der Waals surface area (Å²) in [6.45, 7) is 36.2. The molecule has 11 nitrogen and oxygen atoms in total. The molecule has 0 saturated heterocycles. The predicted octanol–water partition coefficient (Wildman–Crippen LogP) is 15.0. The summed E-state index contributed by atoms with van der Waals surface area (Å²) in [6, 6.07) is 0. The average Bonchev–Trinajstić information content (AvgIpc) is 3.03. The van der Waals surface area contributed by atoms with Gasteiger partial charge in [-0.1, -0.05) is 89.5 Å². The van der Waals surface area contributed by atoms with Crippen LogP contribution in [-0.2, 0) is 45.5 Å². The molecule has 0 radical (unpaired) electrons. The van der Waals surface area contributed by atoms with Gasteiger partial charge in [0.1, 0.15) is 0 Å². The Labute approximate surface area is 366 Å². The van der Waals surface area contributed by atoms with Crippen molar-refractivity contribution < 1.29 is 50.6 Å². The van der Waals surface area contributed by atoms with E-state index < -0.39 is 37.3 Å². The molecule has 8 atom stereocenters. The van der Waals surface area contributed by atoms with Crippen LogP contribution in [0.5, 0.6) is 0 Å². The van der Waals surface area contributed by atoms with Gasteiger partial charge in [0.05, 0.1) is 61.9 Å². The van der Waals surface area contributed by atoms with Crippen LogP contribution in [0.2, 0.25) is 0 Å². The smallest absolute Gasteiger partial charge is 0.333 e. The van der Waals surface area contributed by atoms with Crippen molar-refractivity contribution in [2.24, 2.45) is 23.7 Å². The lowest BCUT2D eigenvalue weighted by molar-refractivity contribution is -0.136. The fourth-order valence-electron chi connectivity index (χ4n) is 5.17. The first kappa shape index (κ1) is 58.9. The Bertz CT molecular complexity index is 908. The number of carboxylic acids is 1. The monoisotopic (exact) mass is 946 g/mol. The maximum Gasteiger partial charge on any atom is 0.333 e. The molecule has 342 valence electrons. The minimum atomic E-state index is -1.78. The van der Waals surface area contributed by atoms with E-state index in [1.54, 1.807) is 22.8 Å². The van der Waals surface area contributed by atoms with E-state index in [9.17, 15) is 4.79 Å². The third-order valence-electron chi connectivity index (χ3n) is 7.13. The van der Waals surface area contributed by atoms with Crippen LogP contribution in [0.25, 0.3) is 0 Å². The molecule has 0 fully saturated rings. The molecule has 0 aliphatic rings. The van der Waals surface area contributed by atoms with Crippen LogP contribution >= 0.6 is 65.5 Å². The lowest BCUT2D eigenvalue weighted by Gasteiger charge is -2.29. The molecular formula is C39H82O11P4S3. The Morgan fingerprint density at radius 2 is 0.789 bits per heavy atom. The van der Waals surface area contributed by atoms with Gasteiger partial charge in [-0.25, -0.2) is 0 Å². The molecule has 0 bridgehead atoms. The first-order valence-electron chi connectivity index (χ1n) is 20.8. The summed E-state index contributed by atoms with van der Waals surface area (Å²) in [5.74, 6) is 2.93. The van der Waals surface area contributed by atoms with Crippen LogP contribution < -0.4 is 0 Å². The molecule has 8 unspecified atom stereocenters. The Kier molecular flexibility index (Phi) is 35.4. The number of aliphatic carboxylic acids is 1. The highest BCUT2D eigenvalue weighted by atomic mass is 32.7. The number of carboxylic acid groups (broad SMARTS) is 1. The van der Waals surface area contributed by atoms with Gasteiger partial charge in [0.15, 0.2) is 0 Å².